The maximum Gasteiger partial charge on any atom is 0.412 e. The molecule has 0 saturated heterocycles. The predicted molar refractivity (Wildman–Crippen MR) is 110 cm³/mol. The molecule has 2 N–H and O–H groups in total. The van der Waals surface area contributed by atoms with Gasteiger partial charge >= 0.3 is 12.1 Å². The lowest BCUT2D eigenvalue weighted by molar-refractivity contribution is -0.153. The molecule has 2 amide bonds. The Morgan fingerprint density at radius 1 is 1.03 bits per heavy atom. The predicted octanol–water partition coefficient (Wildman–Crippen LogP) is 4.16. The molecular formula is C21H23ClN2O5. The number of rotatable bonds is 6. The Bertz CT molecular complexity index is 878. The molecule has 0 bridgehead atoms. The lowest BCUT2D eigenvalue weighted by atomic mass is 10.2. The van der Waals surface area contributed by atoms with Crippen molar-refractivity contribution < 1.29 is 23.9 Å². The van der Waals surface area contributed by atoms with Crippen molar-refractivity contribution in [3.63, 3.8) is 0 Å². The number of nitrogens with one attached hydrogen (secondary N) is 2. The first-order chi connectivity index (χ1) is 13.6. The van der Waals surface area contributed by atoms with E-state index in [2.05, 4.69) is 10.6 Å². The smallest absolute Gasteiger partial charge is 0.412 e. The van der Waals surface area contributed by atoms with Crippen LogP contribution in [0.3, 0.4) is 0 Å². The van der Waals surface area contributed by atoms with Crippen molar-refractivity contribution in [2.45, 2.75) is 33.0 Å². The Morgan fingerprint density at radius 3 is 2.34 bits per heavy atom. The molecule has 0 saturated carbocycles. The van der Waals surface area contributed by atoms with Crippen LogP contribution in [0, 0.1) is 0 Å². The number of ether oxygens (including phenoxy) is 2. The molecule has 2 rings (SSSR count). The molecule has 8 heteroatoms. The number of carbonyl (C=O) groups is 3. The fraction of sp³-hybridized carbons (Fsp3) is 0.286. The summed E-state index contributed by atoms with van der Waals surface area (Å²) in [6.07, 6.45) is -0.669. The van der Waals surface area contributed by atoms with Gasteiger partial charge in [0.25, 0.3) is 5.91 Å². The summed E-state index contributed by atoms with van der Waals surface area (Å²) in [7, 11) is 0. The highest BCUT2D eigenvalue weighted by molar-refractivity contribution is 6.34. The molecular weight excluding hydrogens is 396 g/mol. The number of halogens is 1. The van der Waals surface area contributed by atoms with Crippen molar-refractivity contribution >= 4 is 35.3 Å². The summed E-state index contributed by atoms with van der Waals surface area (Å²) >= 11 is 6.14. The summed E-state index contributed by atoms with van der Waals surface area (Å²) in [5, 5.41) is 5.15. The fourth-order valence-electron chi connectivity index (χ4n) is 2.26. The third kappa shape index (κ3) is 7.83. The van der Waals surface area contributed by atoms with Gasteiger partial charge in [-0.25, -0.2) is 4.79 Å². The maximum absolute atomic E-state index is 12.2. The number of esters is 1. The molecule has 7 nitrogen and oxygen atoms in total. The van der Waals surface area contributed by atoms with E-state index in [4.69, 9.17) is 21.1 Å². The van der Waals surface area contributed by atoms with E-state index in [1.54, 1.807) is 20.8 Å². The summed E-state index contributed by atoms with van der Waals surface area (Å²) in [6.45, 7) is 5.07. The van der Waals surface area contributed by atoms with Crippen LogP contribution in [0.1, 0.15) is 36.7 Å². The van der Waals surface area contributed by atoms with Crippen molar-refractivity contribution in [1.82, 2.24) is 5.32 Å². The first kappa shape index (κ1) is 22.2. The molecule has 0 radical (unpaired) electrons. The molecule has 0 aliphatic carbocycles. The Kier molecular flexibility index (Phi) is 7.61. The average Bonchev–Trinajstić information content (AvgIpc) is 2.65. The van der Waals surface area contributed by atoms with Gasteiger partial charge in [-0.1, -0.05) is 41.9 Å². The standard InChI is InChI=1S/C21H23ClN2O5/c1-21(2,3)29-18(25)12-23-19(26)15-9-10-17(16(22)11-15)24-20(27)28-13-14-7-5-4-6-8-14/h4-11H,12-13H2,1-3H3,(H,23,26)(H,24,27). The second-order valence-corrected chi connectivity index (χ2v) is 7.56. The zero-order chi connectivity index (χ0) is 21.4. The van der Waals surface area contributed by atoms with E-state index in [0.717, 1.165) is 5.56 Å². The summed E-state index contributed by atoms with van der Waals surface area (Å²) in [5.41, 5.74) is 0.758. The molecule has 0 aliphatic rings. The van der Waals surface area contributed by atoms with Crippen LogP contribution in [0.5, 0.6) is 0 Å². The molecule has 0 aliphatic heterocycles. The van der Waals surface area contributed by atoms with Gasteiger partial charge in [-0.15, -0.1) is 0 Å². The monoisotopic (exact) mass is 418 g/mol. The quantitative estimate of drug-likeness (QED) is 0.687. The van der Waals surface area contributed by atoms with Crippen LogP contribution >= 0.6 is 11.6 Å². The van der Waals surface area contributed by atoms with Crippen LogP contribution in [0.2, 0.25) is 5.02 Å². The Balaban J connectivity index is 1.87. The van der Waals surface area contributed by atoms with Crippen LogP contribution in [0.4, 0.5) is 10.5 Å². The molecule has 0 unspecified atom stereocenters. The van der Waals surface area contributed by atoms with E-state index in [1.165, 1.54) is 18.2 Å². The highest BCUT2D eigenvalue weighted by Gasteiger charge is 2.17. The van der Waals surface area contributed by atoms with Crippen LogP contribution in [0.25, 0.3) is 0 Å². The highest BCUT2D eigenvalue weighted by Crippen LogP contribution is 2.23. The van der Waals surface area contributed by atoms with Crippen molar-refractivity contribution in [3.05, 3.63) is 64.7 Å². The number of benzene rings is 2. The molecule has 29 heavy (non-hydrogen) atoms. The molecule has 0 fully saturated rings. The van der Waals surface area contributed by atoms with Gasteiger partial charge in [0.15, 0.2) is 0 Å². The normalized spacial score (nSPS) is 10.8. The van der Waals surface area contributed by atoms with E-state index in [-0.39, 0.29) is 23.7 Å². The number of hydrogen-bond donors (Lipinski definition) is 2. The fourth-order valence-corrected chi connectivity index (χ4v) is 2.49. The van der Waals surface area contributed by atoms with Gasteiger partial charge in [0, 0.05) is 5.56 Å². The van der Waals surface area contributed by atoms with Crippen LogP contribution in [-0.2, 0) is 20.9 Å². The third-order valence-electron chi connectivity index (χ3n) is 3.49. The van der Waals surface area contributed by atoms with E-state index < -0.39 is 23.6 Å². The van der Waals surface area contributed by atoms with Gasteiger partial charge < -0.3 is 14.8 Å². The summed E-state index contributed by atoms with van der Waals surface area (Å²) in [6, 6.07) is 13.6. The van der Waals surface area contributed by atoms with Crippen LogP contribution in [-0.4, -0.2) is 30.1 Å². The molecule has 0 aromatic heterocycles. The number of amides is 2. The summed E-state index contributed by atoms with van der Waals surface area (Å²) < 4.78 is 10.3. The Labute approximate surface area is 174 Å². The van der Waals surface area contributed by atoms with Crippen molar-refractivity contribution in [1.29, 1.82) is 0 Å². The van der Waals surface area contributed by atoms with Gasteiger partial charge in [-0.2, -0.15) is 0 Å². The van der Waals surface area contributed by atoms with Crippen LogP contribution < -0.4 is 10.6 Å². The Hall–Kier alpha value is -3.06. The first-order valence-corrected chi connectivity index (χ1v) is 9.29. The number of anilines is 1. The SMILES string of the molecule is CC(C)(C)OC(=O)CNC(=O)c1ccc(NC(=O)OCc2ccccc2)c(Cl)c1. The molecule has 0 spiro atoms. The minimum atomic E-state index is -0.669. The third-order valence-corrected chi connectivity index (χ3v) is 3.81. The lowest BCUT2D eigenvalue weighted by Crippen LogP contribution is -2.34. The lowest BCUT2D eigenvalue weighted by Gasteiger charge is -2.19. The summed E-state index contributed by atoms with van der Waals surface area (Å²) in [5.74, 6) is -1.03. The Morgan fingerprint density at radius 2 is 1.72 bits per heavy atom. The van der Waals surface area contributed by atoms with E-state index >= 15 is 0 Å². The molecule has 0 atom stereocenters. The van der Waals surface area contributed by atoms with Gasteiger partial charge in [-0.05, 0) is 44.5 Å². The van der Waals surface area contributed by atoms with Crippen molar-refractivity contribution in [2.24, 2.45) is 0 Å². The van der Waals surface area contributed by atoms with E-state index in [1.807, 2.05) is 30.3 Å². The second-order valence-electron chi connectivity index (χ2n) is 7.15. The van der Waals surface area contributed by atoms with Crippen LogP contribution in [0.15, 0.2) is 48.5 Å². The molecule has 2 aromatic carbocycles. The minimum Gasteiger partial charge on any atom is -0.459 e. The zero-order valence-corrected chi connectivity index (χ0v) is 17.2. The minimum absolute atomic E-state index is 0.120. The maximum atomic E-state index is 12.2. The van der Waals surface area contributed by atoms with E-state index in [9.17, 15) is 14.4 Å². The van der Waals surface area contributed by atoms with Gasteiger partial charge in [0.05, 0.1) is 10.7 Å². The van der Waals surface area contributed by atoms with Gasteiger partial charge in [-0.3, -0.25) is 14.9 Å². The molecule has 0 heterocycles. The van der Waals surface area contributed by atoms with E-state index in [0.29, 0.717) is 5.69 Å². The largest absolute Gasteiger partial charge is 0.459 e. The number of carbonyl (C=O) groups excluding carboxylic acids is 3. The highest BCUT2D eigenvalue weighted by atomic mass is 35.5. The molecule has 154 valence electrons. The summed E-state index contributed by atoms with van der Waals surface area (Å²) in [4.78, 5) is 35.8. The molecule has 2 aromatic rings. The second kappa shape index (κ2) is 9.93. The topological polar surface area (TPSA) is 93.7 Å². The zero-order valence-electron chi connectivity index (χ0n) is 16.5. The van der Waals surface area contributed by atoms with Crippen molar-refractivity contribution in [3.8, 4) is 0 Å². The number of hydrogen-bond acceptors (Lipinski definition) is 5. The average molecular weight is 419 g/mol. The first-order valence-electron chi connectivity index (χ1n) is 8.91. The van der Waals surface area contributed by atoms with Crippen molar-refractivity contribution in [2.75, 3.05) is 11.9 Å². The van der Waals surface area contributed by atoms with Gasteiger partial charge in [0.2, 0.25) is 0 Å². The van der Waals surface area contributed by atoms with Gasteiger partial charge in [0.1, 0.15) is 18.8 Å².